The summed E-state index contributed by atoms with van der Waals surface area (Å²) in [6.45, 7) is 6.14. The van der Waals surface area contributed by atoms with Crippen LogP contribution in [0.2, 0.25) is 0 Å². The van der Waals surface area contributed by atoms with Gasteiger partial charge >= 0.3 is 0 Å². The third-order valence-corrected chi connectivity index (χ3v) is 6.25. The molecule has 6 atom stereocenters. The van der Waals surface area contributed by atoms with Gasteiger partial charge < -0.3 is 23.7 Å². The predicted octanol–water partition coefficient (Wildman–Crippen LogP) is 5.31. The van der Waals surface area contributed by atoms with Gasteiger partial charge in [-0.15, -0.1) is 0 Å². The fourth-order valence-corrected chi connectivity index (χ4v) is 4.29. The first-order valence-corrected chi connectivity index (χ1v) is 11.5. The molecular formula is C27H34O5. The molecule has 5 nitrogen and oxygen atoms in total. The number of hydrogen-bond donors (Lipinski definition) is 0. The molecule has 0 radical (unpaired) electrons. The van der Waals surface area contributed by atoms with Gasteiger partial charge in [0, 0.05) is 17.4 Å². The summed E-state index contributed by atoms with van der Waals surface area (Å²) in [4.78, 5) is 0. The summed E-state index contributed by atoms with van der Waals surface area (Å²) in [7, 11) is 1.66. The number of hydrogen-bond acceptors (Lipinski definition) is 5. The van der Waals surface area contributed by atoms with Crippen LogP contribution < -0.4 is 4.74 Å². The van der Waals surface area contributed by atoms with Gasteiger partial charge in [-0.2, -0.15) is 0 Å². The molecule has 172 valence electrons. The van der Waals surface area contributed by atoms with E-state index < -0.39 is 6.29 Å². The highest BCUT2D eigenvalue weighted by Crippen LogP contribution is 2.34. The summed E-state index contributed by atoms with van der Waals surface area (Å²) in [6, 6.07) is 18.1. The summed E-state index contributed by atoms with van der Waals surface area (Å²) in [5.41, 5.74) is 2.17. The second-order valence-electron chi connectivity index (χ2n) is 8.75. The average molecular weight is 439 g/mol. The van der Waals surface area contributed by atoms with Crippen molar-refractivity contribution in [1.29, 1.82) is 0 Å². The van der Waals surface area contributed by atoms with Crippen molar-refractivity contribution in [1.82, 2.24) is 0 Å². The van der Waals surface area contributed by atoms with Crippen LogP contribution in [0.25, 0.3) is 0 Å². The van der Waals surface area contributed by atoms with E-state index in [1.54, 1.807) is 7.11 Å². The fraction of sp³-hybridized carbons (Fsp3) is 0.481. The normalized spacial score (nSPS) is 29.9. The zero-order chi connectivity index (χ0) is 22.3. The van der Waals surface area contributed by atoms with Crippen LogP contribution in [0.4, 0.5) is 0 Å². The molecule has 0 N–H and O–H groups in total. The predicted molar refractivity (Wildman–Crippen MR) is 123 cm³/mol. The first kappa shape index (κ1) is 23.0. The van der Waals surface area contributed by atoms with Gasteiger partial charge in [0.2, 0.25) is 0 Å². The Morgan fingerprint density at radius 2 is 1.81 bits per heavy atom. The van der Waals surface area contributed by atoms with E-state index in [4.69, 9.17) is 23.7 Å². The van der Waals surface area contributed by atoms with Crippen molar-refractivity contribution in [2.45, 2.75) is 51.5 Å². The number of ether oxygens (including phenoxy) is 5. The van der Waals surface area contributed by atoms with Gasteiger partial charge in [0.15, 0.2) is 6.29 Å². The maximum Gasteiger partial charge on any atom is 0.184 e. The first-order valence-electron chi connectivity index (χ1n) is 11.5. The van der Waals surface area contributed by atoms with E-state index in [2.05, 4.69) is 38.1 Å². The highest BCUT2D eigenvalue weighted by molar-refractivity contribution is 5.28. The van der Waals surface area contributed by atoms with Crippen LogP contribution in [0.1, 0.15) is 37.7 Å². The minimum Gasteiger partial charge on any atom is -0.497 e. The summed E-state index contributed by atoms with van der Waals surface area (Å²) in [5.74, 6) is 1.33. The van der Waals surface area contributed by atoms with Gasteiger partial charge in [-0.25, -0.2) is 0 Å². The molecule has 0 bridgehead atoms. The summed E-state index contributed by atoms with van der Waals surface area (Å²) >= 11 is 0. The number of benzene rings is 2. The fourth-order valence-electron chi connectivity index (χ4n) is 4.29. The molecule has 1 saturated heterocycles. The Labute approximate surface area is 191 Å². The Hall–Kier alpha value is -2.18. The molecule has 32 heavy (non-hydrogen) atoms. The number of methoxy groups -OCH3 is 1. The van der Waals surface area contributed by atoms with Crippen LogP contribution >= 0.6 is 0 Å². The molecule has 0 spiro atoms. The lowest BCUT2D eigenvalue weighted by atomic mass is 9.93. The van der Waals surface area contributed by atoms with Gasteiger partial charge in [-0.05, 0) is 24.1 Å². The molecule has 4 rings (SSSR count). The number of fused-ring (bicyclic) bond motifs is 1. The van der Waals surface area contributed by atoms with E-state index in [1.165, 1.54) is 5.56 Å². The molecule has 2 aliphatic heterocycles. The second kappa shape index (κ2) is 11.1. The zero-order valence-electron chi connectivity index (χ0n) is 19.2. The van der Waals surface area contributed by atoms with Crippen molar-refractivity contribution < 1.29 is 23.7 Å². The minimum atomic E-state index is -0.397. The van der Waals surface area contributed by atoms with E-state index in [1.807, 2.05) is 42.5 Å². The van der Waals surface area contributed by atoms with Crippen molar-refractivity contribution in [3.05, 3.63) is 77.9 Å². The van der Waals surface area contributed by atoms with Crippen LogP contribution in [0.5, 0.6) is 5.75 Å². The molecule has 2 heterocycles. The Balaban J connectivity index is 1.35. The Bertz CT molecular complexity index is 850. The molecule has 0 unspecified atom stereocenters. The minimum absolute atomic E-state index is 0.0618. The molecule has 1 fully saturated rings. The summed E-state index contributed by atoms with van der Waals surface area (Å²) in [6.07, 6.45) is 4.84. The van der Waals surface area contributed by atoms with Gasteiger partial charge in [0.05, 0.1) is 39.1 Å². The van der Waals surface area contributed by atoms with Crippen molar-refractivity contribution in [2.75, 3.05) is 20.3 Å². The van der Waals surface area contributed by atoms with E-state index >= 15 is 0 Å². The summed E-state index contributed by atoms with van der Waals surface area (Å²) < 4.78 is 30.3. The van der Waals surface area contributed by atoms with Gasteiger partial charge in [-0.1, -0.05) is 68.5 Å². The largest absolute Gasteiger partial charge is 0.497 e. The lowest BCUT2D eigenvalue weighted by Gasteiger charge is -2.42. The number of rotatable bonds is 7. The van der Waals surface area contributed by atoms with E-state index in [0.29, 0.717) is 19.8 Å². The lowest BCUT2D eigenvalue weighted by molar-refractivity contribution is -0.283. The maximum absolute atomic E-state index is 6.55. The standard InChI is InChI=1S/C27H34O5/c1-19-8-7-11-24(20(2)16-29-17-21-9-5-4-6-10-21)31-25-18-30-27(32-26(19)25)22-12-14-23(28-3)15-13-22/h4-10,12-15,19-20,24-27H,11,16-18H2,1-3H3/b8-7-/t19-,20+,24-,25+,26+,27-/m0/s1. The van der Waals surface area contributed by atoms with Gasteiger partial charge in [-0.3, -0.25) is 0 Å². The topological polar surface area (TPSA) is 46.2 Å². The van der Waals surface area contributed by atoms with Crippen LogP contribution in [0.15, 0.2) is 66.7 Å². The van der Waals surface area contributed by atoms with Crippen molar-refractivity contribution in [2.24, 2.45) is 11.8 Å². The van der Waals surface area contributed by atoms with Crippen molar-refractivity contribution >= 4 is 0 Å². The van der Waals surface area contributed by atoms with Crippen LogP contribution in [0, 0.1) is 11.8 Å². The molecule has 0 aromatic heterocycles. The van der Waals surface area contributed by atoms with Crippen molar-refractivity contribution in [3.8, 4) is 5.75 Å². The smallest absolute Gasteiger partial charge is 0.184 e. The van der Waals surface area contributed by atoms with E-state index in [0.717, 1.165) is 17.7 Å². The van der Waals surface area contributed by atoms with Crippen LogP contribution in [-0.4, -0.2) is 38.6 Å². The molecule has 2 aliphatic rings. The van der Waals surface area contributed by atoms with Crippen LogP contribution in [0.3, 0.4) is 0 Å². The van der Waals surface area contributed by atoms with Gasteiger partial charge in [0.25, 0.3) is 0 Å². The van der Waals surface area contributed by atoms with Gasteiger partial charge in [0.1, 0.15) is 11.9 Å². The Morgan fingerprint density at radius 3 is 2.56 bits per heavy atom. The second-order valence-corrected chi connectivity index (χ2v) is 8.75. The quantitative estimate of drug-likeness (QED) is 0.548. The van der Waals surface area contributed by atoms with E-state index in [9.17, 15) is 0 Å². The summed E-state index contributed by atoms with van der Waals surface area (Å²) in [5, 5.41) is 0. The molecule has 0 amide bonds. The average Bonchev–Trinajstić information content (AvgIpc) is 2.83. The third kappa shape index (κ3) is 5.78. The van der Waals surface area contributed by atoms with E-state index in [-0.39, 0.29) is 30.1 Å². The Morgan fingerprint density at radius 1 is 1.03 bits per heavy atom. The zero-order valence-corrected chi connectivity index (χ0v) is 19.2. The maximum atomic E-state index is 6.55. The monoisotopic (exact) mass is 438 g/mol. The third-order valence-electron chi connectivity index (χ3n) is 6.25. The van der Waals surface area contributed by atoms with Crippen molar-refractivity contribution in [3.63, 3.8) is 0 Å². The highest BCUT2D eigenvalue weighted by atomic mass is 16.7. The molecule has 0 aliphatic carbocycles. The molecular weight excluding hydrogens is 404 g/mol. The lowest BCUT2D eigenvalue weighted by Crippen LogP contribution is -2.48. The molecule has 5 heteroatoms. The molecule has 2 aromatic rings. The molecule has 2 aromatic carbocycles. The molecule has 0 saturated carbocycles. The Kier molecular flexibility index (Phi) is 7.98. The first-order chi connectivity index (χ1) is 15.6. The highest BCUT2D eigenvalue weighted by Gasteiger charge is 2.39. The van der Waals surface area contributed by atoms with Crippen LogP contribution in [-0.2, 0) is 25.6 Å². The SMILES string of the molecule is COc1ccc([C@H]2OC[C@H]3O[C@H]([C@H](C)COCc4ccccc4)C/C=C\[C@H](C)[C@H]3O2)cc1.